The number of carbonyl (C=O) groups is 12. The van der Waals surface area contributed by atoms with Crippen molar-refractivity contribution in [3.8, 4) is 5.75 Å². The highest BCUT2D eigenvalue weighted by Gasteiger charge is 2.41. The van der Waals surface area contributed by atoms with Crippen LogP contribution in [0.5, 0.6) is 5.75 Å². The van der Waals surface area contributed by atoms with Gasteiger partial charge in [0.15, 0.2) is 5.96 Å². The van der Waals surface area contributed by atoms with Crippen LogP contribution in [0.3, 0.4) is 0 Å². The first-order chi connectivity index (χ1) is 37.5. The lowest BCUT2D eigenvalue weighted by Crippen LogP contribution is -2.61. The number of guanidine groups is 1. The van der Waals surface area contributed by atoms with Gasteiger partial charge in [-0.3, -0.25) is 62.5 Å². The normalized spacial score (nSPS) is 21.9. The Bertz CT molecular complexity index is 2560. The summed E-state index contributed by atoms with van der Waals surface area (Å²) in [6.07, 6.45) is -1.49. The molecule has 1 unspecified atom stereocenters. The lowest BCUT2D eigenvalue weighted by molar-refractivity contribution is -0.142. The molecule has 79 heavy (non-hydrogen) atoms. The molecule has 28 nitrogen and oxygen atoms in total. The minimum absolute atomic E-state index is 0.0112. The Labute approximate surface area is 462 Å². The Kier molecular flexibility index (Phi) is 25.6. The maximum Gasteiger partial charge on any atom is 0.246 e. The Morgan fingerprint density at radius 3 is 1.90 bits per heavy atom. The molecule has 2 fully saturated rings. The molecule has 0 aromatic heterocycles. The van der Waals surface area contributed by atoms with Crippen LogP contribution in [0.15, 0.2) is 59.6 Å². The van der Waals surface area contributed by atoms with Gasteiger partial charge in [0.25, 0.3) is 0 Å². The zero-order valence-electron chi connectivity index (χ0n) is 43.6. The first-order valence-electron chi connectivity index (χ1n) is 25.0. The van der Waals surface area contributed by atoms with Gasteiger partial charge in [0.2, 0.25) is 70.9 Å². The summed E-state index contributed by atoms with van der Waals surface area (Å²) in [5.74, 6) is -10.8. The van der Waals surface area contributed by atoms with Crippen molar-refractivity contribution >= 4 is 98.4 Å². The Morgan fingerprint density at radius 1 is 0.722 bits per heavy atom. The van der Waals surface area contributed by atoms with E-state index in [4.69, 9.17) is 33.4 Å². The van der Waals surface area contributed by atoms with Crippen LogP contribution in [-0.4, -0.2) is 168 Å². The number of methoxy groups -OCH3 is 1. The van der Waals surface area contributed by atoms with Crippen LogP contribution >= 0.6 is 21.6 Å². The van der Waals surface area contributed by atoms with Crippen LogP contribution in [0.4, 0.5) is 0 Å². The van der Waals surface area contributed by atoms with Crippen molar-refractivity contribution in [2.24, 2.45) is 33.7 Å². The molecule has 2 aliphatic rings. The molecule has 30 heteroatoms. The quantitative estimate of drug-likeness (QED) is 0.0241. The van der Waals surface area contributed by atoms with Crippen LogP contribution in [0.1, 0.15) is 63.0 Å². The van der Waals surface area contributed by atoms with Crippen LogP contribution in [0.25, 0.3) is 0 Å². The number of nitrogens with one attached hydrogen (secondary N) is 8. The molecule has 430 valence electrons. The monoisotopic (exact) mass is 1140 g/mol. The van der Waals surface area contributed by atoms with E-state index in [0.29, 0.717) is 16.9 Å². The third kappa shape index (κ3) is 21.7. The number of amides is 12. The van der Waals surface area contributed by atoms with E-state index in [1.807, 2.05) is 0 Å². The van der Waals surface area contributed by atoms with E-state index in [9.17, 15) is 57.5 Å². The molecule has 18 N–H and O–H groups in total. The van der Waals surface area contributed by atoms with Gasteiger partial charge in [-0.15, -0.1) is 0 Å². The fraction of sp³-hybridized carbons (Fsp3) is 0.490. The van der Waals surface area contributed by atoms with Crippen molar-refractivity contribution < 1.29 is 62.3 Å². The lowest BCUT2D eigenvalue weighted by atomic mass is 10.0. The summed E-state index contributed by atoms with van der Waals surface area (Å²) in [6, 6.07) is 3.36. The molecule has 2 aliphatic heterocycles. The predicted octanol–water partition coefficient (Wildman–Crippen LogP) is -4.92. The number of primary amides is 3. The number of nitrogens with two attached hydrogens (primary N) is 5. The fourth-order valence-corrected chi connectivity index (χ4v) is 10.6. The highest BCUT2D eigenvalue weighted by Crippen LogP contribution is 2.26. The molecule has 2 aromatic carbocycles. The number of carbonyl (C=O) groups excluding carboxylic acids is 12. The minimum atomic E-state index is -1.82. The number of likely N-dealkylation sites (tertiary alicyclic amines) is 1. The molecule has 0 spiro atoms. The summed E-state index contributed by atoms with van der Waals surface area (Å²) in [4.78, 5) is 167. The second-order valence-electron chi connectivity index (χ2n) is 18.4. The maximum atomic E-state index is 14.7. The summed E-state index contributed by atoms with van der Waals surface area (Å²) in [5.41, 5.74) is 28.2. The van der Waals surface area contributed by atoms with Crippen LogP contribution in [0, 0.1) is 0 Å². The molecule has 12 amide bonds. The average molecular weight is 1140 g/mol. The molecule has 0 bridgehead atoms. The summed E-state index contributed by atoms with van der Waals surface area (Å²) in [7, 11) is 3.40. The summed E-state index contributed by atoms with van der Waals surface area (Å²) in [5, 5.41) is 20.4. The number of hydrogen-bond acceptors (Lipinski definition) is 16. The average Bonchev–Trinajstić information content (AvgIpc) is 3.90. The minimum Gasteiger partial charge on any atom is -0.497 e. The van der Waals surface area contributed by atoms with Crippen LogP contribution in [-0.2, 0) is 70.4 Å². The van der Waals surface area contributed by atoms with E-state index < -0.39 is 145 Å². The largest absolute Gasteiger partial charge is 0.497 e. The number of rotatable bonds is 21. The van der Waals surface area contributed by atoms with E-state index in [1.54, 1.807) is 54.6 Å². The van der Waals surface area contributed by atoms with Crippen LogP contribution < -0.4 is 75.9 Å². The maximum absolute atomic E-state index is 14.7. The summed E-state index contributed by atoms with van der Waals surface area (Å²) in [6.45, 7) is 0.687. The van der Waals surface area contributed by atoms with Gasteiger partial charge < -0.3 is 80.8 Å². The molecule has 2 saturated heterocycles. The third-order valence-corrected chi connectivity index (χ3v) is 14.6. The van der Waals surface area contributed by atoms with Gasteiger partial charge in [0.05, 0.1) is 20.1 Å². The second kappa shape index (κ2) is 31.9. The van der Waals surface area contributed by atoms with Crippen LogP contribution in [0.2, 0.25) is 0 Å². The number of hydrogen-bond donors (Lipinski definition) is 13. The Balaban J connectivity index is 1.77. The molecule has 2 aromatic rings. The zero-order valence-corrected chi connectivity index (χ0v) is 45.3. The Hall–Kier alpha value is -8.15. The SMILES string of the molecule is COc1ccc(C[C@@H]2NC(=O)[C@@H](NC(C)=O)CSSC[C@@H](C(=O)N3CCCC3C(=O)N[C@@H](CCCN=C(N)N)C(=O)NCC(N)=O)NC(=O)[C@H](CC(N)=O)NC(=O)[C@H](CCC(N)=O)NC(=O)[C@@H](Cc3ccccc3)NC2=O)cc1. The van der Waals surface area contributed by atoms with Crippen molar-refractivity contribution in [2.75, 3.05) is 38.2 Å². The van der Waals surface area contributed by atoms with Crippen molar-refractivity contribution in [1.29, 1.82) is 0 Å². The van der Waals surface area contributed by atoms with Crippen molar-refractivity contribution in [3.05, 3.63) is 65.7 Å². The summed E-state index contributed by atoms with van der Waals surface area (Å²) < 4.78 is 5.28. The standard InChI is InChI=1S/C49H69N15O13S2/c1-26(65)57-35-24-78-79-25-36(48(76)64-19-7-11-37(64)47(75)59-30(10-6-18-55-49(53)54)41(69)56-23-40(52)68)63-45(73)34(22-39(51)67)62-42(70)31(16-17-38(50)66)58-43(71)32(20-27-8-4-3-5-9-27)60-44(72)33(61-46(35)74)21-28-12-14-29(77-2)15-13-28/h3-5,8-9,12-15,30-37H,6-7,10-11,16-25H2,1-2H3,(H2,50,66)(H2,51,67)(H2,52,68)(H,56,69)(H,57,65)(H,58,71)(H,59,75)(H,60,72)(H,61,74)(H,62,70)(H,63,73)(H4,53,54,55)/t30-,31-,32+,33-,34-,35-,36-,37?/m0/s1. The van der Waals surface area contributed by atoms with Gasteiger partial charge in [-0.05, 0) is 55.4 Å². The van der Waals surface area contributed by atoms with Gasteiger partial charge in [-0.1, -0.05) is 64.1 Å². The third-order valence-electron chi connectivity index (χ3n) is 12.2. The lowest BCUT2D eigenvalue weighted by Gasteiger charge is -2.31. The molecule has 0 aliphatic carbocycles. The number of aliphatic imine (C=N–C) groups is 1. The highest BCUT2D eigenvalue weighted by atomic mass is 33.1. The number of nitrogens with zero attached hydrogens (tertiary/aromatic N) is 2. The van der Waals surface area contributed by atoms with E-state index in [-0.39, 0.29) is 69.1 Å². The first kappa shape index (κ1) is 63.4. The topological polar surface area (TPSA) is 456 Å². The molecular formula is C49H69N15O13S2. The number of ether oxygens (including phenoxy) is 1. The molecule has 0 saturated carbocycles. The van der Waals surface area contributed by atoms with E-state index in [0.717, 1.165) is 21.6 Å². The van der Waals surface area contributed by atoms with Gasteiger partial charge in [0.1, 0.15) is 54.1 Å². The first-order valence-corrected chi connectivity index (χ1v) is 27.5. The van der Waals surface area contributed by atoms with Crippen molar-refractivity contribution in [3.63, 3.8) is 0 Å². The number of benzene rings is 2. The van der Waals surface area contributed by atoms with E-state index >= 15 is 0 Å². The van der Waals surface area contributed by atoms with Gasteiger partial charge in [-0.2, -0.15) is 0 Å². The van der Waals surface area contributed by atoms with Gasteiger partial charge in [0, 0.05) is 50.8 Å². The van der Waals surface area contributed by atoms with Gasteiger partial charge >= 0.3 is 0 Å². The Morgan fingerprint density at radius 2 is 1.30 bits per heavy atom. The molecule has 0 radical (unpaired) electrons. The summed E-state index contributed by atoms with van der Waals surface area (Å²) >= 11 is 0. The predicted molar refractivity (Wildman–Crippen MR) is 290 cm³/mol. The molecule has 8 atom stereocenters. The van der Waals surface area contributed by atoms with Crippen molar-refractivity contribution in [1.82, 2.24) is 47.4 Å². The zero-order chi connectivity index (χ0) is 58.2. The van der Waals surface area contributed by atoms with Gasteiger partial charge in [-0.25, -0.2) is 0 Å². The van der Waals surface area contributed by atoms with Crippen molar-refractivity contribution in [2.45, 2.75) is 113 Å². The second-order valence-corrected chi connectivity index (χ2v) is 21.0. The molecule has 4 rings (SSSR count). The van der Waals surface area contributed by atoms with E-state index in [1.165, 1.54) is 18.9 Å². The highest BCUT2D eigenvalue weighted by molar-refractivity contribution is 8.76. The molecular weight excluding hydrogens is 1070 g/mol. The van der Waals surface area contributed by atoms with E-state index in [2.05, 4.69) is 47.5 Å². The molecule has 2 heterocycles. The smallest absolute Gasteiger partial charge is 0.246 e. The fourth-order valence-electron chi connectivity index (χ4n) is 8.27.